The van der Waals surface area contributed by atoms with E-state index in [9.17, 15) is 23.3 Å². The maximum Gasteiger partial charge on any atom is 0.270 e. The Morgan fingerprint density at radius 2 is 1.87 bits per heavy atom. The number of amides is 1. The van der Waals surface area contributed by atoms with Crippen LogP contribution in [0.15, 0.2) is 46.8 Å². The second-order valence-corrected chi connectivity index (χ2v) is 10.7. The summed E-state index contributed by atoms with van der Waals surface area (Å²) >= 11 is 6.86. The van der Waals surface area contributed by atoms with Crippen LogP contribution in [-0.4, -0.2) is 59.2 Å². The average Bonchev–Trinajstić information content (AvgIpc) is 3.34. The molecule has 1 saturated heterocycles. The Balaban J connectivity index is 1.41. The number of nitro benzene ring substituents is 1. The molecular formula is C18H17ClN4O5S2. The van der Waals surface area contributed by atoms with E-state index in [0.29, 0.717) is 22.8 Å². The van der Waals surface area contributed by atoms with E-state index in [1.54, 1.807) is 33.9 Å². The van der Waals surface area contributed by atoms with Crippen molar-refractivity contribution in [2.75, 3.05) is 26.2 Å². The minimum absolute atomic E-state index is 0.00376. The third-order valence-electron chi connectivity index (χ3n) is 5.01. The number of piperazine rings is 1. The fourth-order valence-electron chi connectivity index (χ4n) is 3.43. The molecule has 0 saturated carbocycles. The van der Waals surface area contributed by atoms with Crippen LogP contribution in [-0.2, 0) is 21.4 Å². The highest BCUT2D eigenvalue weighted by atomic mass is 35.5. The second-order valence-electron chi connectivity index (χ2n) is 6.79. The topological polar surface area (TPSA) is 106 Å². The summed E-state index contributed by atoms with van der Waals surface area (Å²) in [5, 5.41) is 11.6. The lowest BCUT2D eigenvalue weighted by molar-refractivity contribution is -0.384. The normalized spacial score (nSPS) is 15.6. The van der Waals surface area contributed by atoms with Gasteiger partial charge in [0.2, 0.25) is 5.91 Å². The molecule has 0 aliphatic carbocycles. The molecule has 3 aromatic rings. The molecule has 0 N–H and O–H groups in total. The van der Waals surface area contributed by atoms with Gasteiger partial charge in [-0.15, -0.1) is 11.3 Å². The zero-order valence-electron chi connectivity index (χ0n) is 15.6. The number of carbonyl (C=O) groups excluding carboxylic acids is 1. The van der Waals surface area contributed by atoms with Crippen LogP contribution in [0, 0.1) is 10.1 Å². The monoisotopic (exact) mass is 468 g/mol. The van der Waals surface area contributed by atoms with Gasteiger partial charge in [0.15, 0.2) is 0 Å². The summed E-state index contributed by atoms with van der Waals surface area (Å²) in [4.78, 5) is 24.8. The maximum atomic E-state index is 12.7. The molecule has 1 aromatic carbocycles. The third kappa shape index (κ3) is 3.93. The molecule has 2 aromatic heterocycles. The summed E-state index contributed by atoms with van der Waals surface area (Å²) in [5.74, 6) is -0.137. The first-order chi connectivity index (χ1) is 14.3. The molecule has 0 atom stereocenters. The van der Waals surface area contributed by atoms with Gasteiger partial charge in [0.05, 0.1) is 9.26 Å². The molecule has 1 aliphatic heterocycles. The quantitative estimate of drug-likeness (QED) is 0.423. The number of halogens is 1. The van der Waals surface area contributed by atoms with Gasteiger partial charge in [-0.25, -0.2) is 8.42 Å². The summed E-state index contributed by atoms with van der Waals surface area (Å²) in [6.45, 7) is 1.09. The highest BCUT2D eigenvalue weighted by Crippen LogP contribution is 2.28. The van der Waals surface area contributed by atoms with Crippen LogP contribution in [0.2, 0.25) is 4.34 Å². The molecule has 158 valence electrons. The zero-order valence-corrected chi connectivity index (χ0v) is 18.0. The van der Waals surface area contributed by atoms with Crippen LogP contribution >= 0.6 is 22.9 Å². The zero-order chi connectivity index (χ0) is 21.5. The first-order valence-electron chi connectivity index (χ1n) is 9.02. The van der Waals surface area contributed by atoms with Crippen molar-refractivity contribution in [3.05, 3.63) is 57.0 Å². The smallest absolute Gasteiger partial charge is 0.270 e. The largest absolute Gasteiger partial charge is 0.339 e. The van der Waals surface area contributed by atoms with E-state index in [4.69, 9.17) is 11.6 Å². The average molecular weight is 469 g/mol. The van der Waals surface area contributed by atoms with Crippen LogP contribution in [0.4, 0.5) is 5.69 Å². The minimum atomic E-state index is -3.61. The Labute approximate surface area is 181 Å². The summed E-state index contributed by atoms with van der Waals surface area (Å²) in [7, 11) is -3.61. The first-order valence-corrected chi connectivity index (χ1v) is 11.7. The number of carbonyl (C=O) groups is 1. The number of sulfonamides is 1. The van der Waals surface area contributed by atoms with E-state index in [1.807, 2.05) is 0 Å². The van der Waals surface area contributed by atoms with Crippen LogP contribution in [0.3, 0.4) is 0 Å². The van der Waals surface area contributed by atoms with Gasteiger partial charge in [-0.3, -0.25) is 14.9 Å². The molecule has 9 nitrogen and oxygen atoms in total. The highest BCUT2D eigenvalue weighted by molar-refractivity contribution is 7.91. The van der Waals surface area contributed by atoms with Crippen molar-refractivity contribution in [2.24, 2.45) is 0 Å². The Morgan fingerprint density at radius 1 is 1.13 bits per heavy atom. The number of rotatable bonds is 5. The summed E-state index contributed by atoms with van der Waals surface area (Å²) in [6.07, 6.45) is 1.72. The molecule has 30 heavy (non-hydrogen) atoms. The standard InChI is InChI=1S/C18H17ClN4O5S2/c19-16-3-4-18(29-16)30(27,28)22-9-7-20(8-10-22)17(24)12-21-6-5-13-11-14(23(25)26)1-2-15(13)21/h1-6,11H,7-10,12H2. The van der Waals surface area contributed by atoms with Crippen LogP contribution in [0.5, 0.6) is 0 Å². The lowest BCUT2D eigenvalue weighted by Crippen LogP contribution is -2.51. The van der Waals surface area contributed by atoms with Crippen LogP contribution in [0.1, 0.15) is 0 Å². The molecule has 0 bridgehead atoms. The Morgan fingerprint density at radius 3 is 2.50 bits per heavy atom. The molecule has 0 spiro atoms. The molecule has 1 amide bonds. The number of aromatic nitrogens is 1. The molecule has 4 rings (SSSR count). The van der Waals surface area contributed by atoms with E-state index < -0.39 is 14.9 Å². The molecular weight excluding hydrogens is 452 g/mol. The number of thiophene rings is 1. The van der Waals surface area contributed by atoms with Crippen molar-refractivity contribution >= 4 is 55.5 Å². The molecule has 0 unspecified atom stereocenters. The van der Waals surface area contributed by atoms with E-state index >= 15 is 0 Å². The van der Waals surface area contributed by atoms with Gasteiger partial charge < -0.3 is 9.47 Å². The minimum Gasteiger partial charge on any atom is -0.339 e. The highest BCUT2D eigenvalue weighted by Gasteiger charge is 2.31. The third-order valence-corrected chi connectivity index (χ3v) is 8.60. The number of hydrogen-bond acceptors (Lipinski definition) is 6. The van der Waals surface area contributed by atoms with Gasteiger partial charge in [0, 0.05) is 55.4 Å². The van der Waals surface area contributed by atoms with Crippen LogP contribution < -0.4 is 0 Å². The number of non-ortho nitro benzene ring substituents is 1. The van der Waals surface area contributed by atoms with E-state index in [-0.39, 0.29) is 35.4 Å². The van der Waals surface area contributed by atoms with Crippen molar-refractivity contribution in [1.29, 1.82) is 0 Å². The van der Waals surface area contributed by atoms with Crippen molar-refractivity contribution in [3.8, 4) is 0 Å². The first kappa shape index (κ1) is 20.8. The van der Waals surface area contributed by atoms with Gasteiger partial charge in [-0.05, 0) is 24.3 Å². The van der Waals surface area contributed by atoms with Crippen molar-refractivity contribution < 1.29 is 18.1 Å². The molecule has 3 heterocycles. The van der Waals surface area contributed by atoms with Gasteiger partial charge in [-0.2, -0.15) is 4.31 Å². The Hall–Kier alpha value is -2.47. The number of nitrogens with zero attached hydrogens (tertiary/aromatic N) is 4. The lowest BCUT2D eigenvalue weighted by Gasteiger charge is -2.33. The van der Waals surface area contributed by atoms with Gasteiger partial charge in [-0.1, -0.05) is 11.6 Å². The Bertz CT molecular complexity index is 1230. The lowest BCUT2D eigenvalue weighted by atomic mass is 10.2. The fourth-order valence-corrected chi connectivity index (χ4v) is 6.49. The number of fused-ring (bicyclic) bond motifs is 1. The van der Waals surface area contributed by atoms with Gasteiger partial charge in [0.1, 0.15) is 10.8 Å². The number of benzene rings is 1. The maximum absolute atomic E-state index is 12.7. The molecule has 12 heteroatoms. The fraction of sp³-hybridized carbons (Fsp3) is 0.278. The molecule has 1 fully saturated rings. The summed E-state index contributed by atoms with van der Waals surface area (Å²) in [6, 6.07) is 9.26. The van der Waals surface area contributed by atoms with Crippen molar-refractivity contribution in [1.82, 2.24) is 13.8 Å². The van der Waals surface area contributed by atoms with Crippen molar-refractivity contribution in [2.45, 2.75) is 10.8 Å². The number of hydrogen-bond donors (Lipinski definition) is 0. The molecule has 1 aliphatic rings. The van der Waals surface area contributed by atoms with Gasteiger partial charge in [0.25, 0.3) is 15.7 Å². The summed E-state index contributed by atoms with van der Waals surface area (Å²) in [5.41, 5.74) is 0.723. The van der Waals surface area contributed by atoms with Crippen molar-refractivity contribution in [3.63, 3.8) is 0 Å². The van der Waals surface area contributed by atoms with Crippen LogP contribution in [0.25, 0.3) is 10.9 Å². The summed E-state index contributed by atoms with van der Waals surface area (Å²) < 4.78 is 29.1. The van der Waals surface area contributed by atoms with Gasteiger partial charge >= 0.3 is 0 Å². The van der Waals surface area contributed by atoms with E-state index in [1.165, 1.54) is 22.5 Å². The molecule has 0 radical (unpaired) electrons. The predicted octanol–water partition coefficient (Wildman–Crippen LogP) is 2.80. The van der Waals surface area contributed by atoms with E-state index in [2.05, 4.69) is 0 Å². The Kier molecular flexibility index (Phi) is 5.53. The number of nitro groups is 1. The SMILES string of the molecule is O=C(Cn1ccc2cc([N+](=O)[O-])ccc21)N1CCN(S(=O)(=O)c2ccc(Cl)s2)CC1. The predicted molar refractivity (Wildman–Crippen MR) is 113 cm³/mol. The van der Waals surface area contributed by atoms with E-state index in [0.717, 1.165) is 16.9 Å². The second kappa shape index (κ2) is 7.99.